The Morgan fingerprint density at radius 2 is 1.89 bits per heavy atom. The van der Waals surface area contributed by atoms with E-state index in [0.29, 0.717) is 18.0 Å². The molecule has 0 bridgehead atoms. The number of rotatable bonds is 11. The highest BCUT2D eigenvalue weighted by molar-refractivity contribution is 7.98. The van der Waals surface area contributed by atoms with E-state index in [1.165, 1.54) is 32.1 Å². The van der Waals surface area contributed by atoms with Gasteiger partial charge in [-0.25, -0.2) is 0 Å². The van der Waals surface area contributed by atoms with Gasteiger partial charge < -0.3 is 24.8 Å². The van der Waals surface area contributed by atoms with Crippen LogP contribution in [0.25, 0.3) is 0 Å². The third kappa shape index (κ3) is 8.73. The molecule has 1 aromatic carbocycles. The second-order valence-electron chi connectivity index (χ2n) is 7.19. The molecule has 1 aliphatic rings. The van der Waals surface area contributed by atoms with Gasteiger partial charge in [-0.15, -0.1) is 0 Å². The Morgan fingerprint density at radius 3 is 2.59 bits per heavy atom. The van der Waals surface area contributed by atoms with Gasteiger partial charge in [0.2, 0.25) is 0 Å². The van der Waals surface area contributed by atoms with Crippen molar-refractivity contribution in [3.63, 3.8) is 0 Å². The molecule has 1 atom stereocenters. The molecule has 0 aromatic heterocycles. The Kier molecular flexibility index (Phi) is 11.0. The lowest BCUT2D eigenvalue weighted by Crippen LogP contribution is -2.37. The van der Waals surface area contributed by atoms with Crippen molar-refractivity contribution in [3.8, 4) is 11.5 Å². The second-order valence-corrected chi connectivity index (χ2v) is 8.17. The molecule has 0 radical (unpaired) electrons. The molecule has 0 unspecified atom stereocenters. The minimum absolute atomic E-state index is 0.288. The Bertz CT molecular complexity index is 522. The quantitative estimate of drug-likeness (QED) is 0.561. The van der Waals surface area contributed by atoms with E-state index in [9.17, 15) is 5.11 Å². The van der Waals surface area contributed by atoms with Gasteiger partial charge in [-0.1, -0.05) is 25.3 Å². The maximum absolute atomic E-state index is 10.4. The van der Waals surface area contributed by atoms with Gasteiger partial charge in [0.25, 0.3) is 0 Å². The average Bonchev–Trinajstić information content (AvgIpc) is 2.65. The fourth-order valence-electron chi connectivity index (χ4n) is 3.38. The number of benzene rings is 1. The summed E-state index contributed by atoms with van der Waals surface area (Å²) in [5.74, 6) is 2.51. The van der Waals surface area contributed by atoms with Crippen LogP contribution in [0.2, 0.25) is 0 Å². The lowest BCUT2D eigenvalue weighted by atomic mass is 10.1. The maximum Gasteiger partial charge on any atom is 0.161 e. The zero-order chi connectivity index (χ0) is 19.3. The van der Waals surface area contributed by atoms with E-state index in [1.54, 1.807) is 7.11 Å². The van der Waals surface area contributed by atoms with Crippen molar-refractivity contribution in [2.45, 2.75) is 44.8 Å². The van der Waals surface area contributed by atoms with E-state index in [1.807, 2.05) is 23.9 Å². The molecular weight excluding hydrogens is 360 g/mol. The number of hydrogen-bond donors (Lipinski definition) is 2. The molecule has 0 amide bonds. The minimum Gasteiger partial charge on any atom is -0.493 e. The molecule has 5 nitrogen and oxygen atoms in total. The SMILES string of the molecule is COc1ccc(CNCCSC)cc1OC[C@H](O)CN1CCCCCCC1. The normalized spacial score (nSPS) is 17.1. The van der Waals surface area contributed by atoms with Crippen LogP contribution < -0.4 is 14.8 Å². The van der Waals surface area contributed by atoms with Gasteiger partial charge in [-0.05, 0) is 49.9 Å². The van der Waals surface area contributed by atoms with Crippen molar-refractivity contribution < 1.29 is 14.6 Å². The summed E-state index contributed by atoms with van der Waals surface area (Å²) in [6.45, 7) is 4.92. The highest BCUT2D eigenvalue weighted by atomic mass is 32.2. The number of likely N-dealkylation sites (tertiary alicyclic amines) is 1. The molecule has 1 aliphatic heterocycles. The molecule has 1 saturated heterocycles. The molecule has 1 heterocycles. The van der Waals surface area contributed by atoms with Crippen molar-refractivity contribution in [1.29, 1.82) is 0 Å². The zero-order valence-electron chi connectivity index (χ0n) is 16.9. The van der Waals surface area contributed by atoms with Crippen LogP contribution in [0.5, 0.6) is 11.5 Å². The third-order valence-corrected chi connectivity index (χ3v) is 5.50. The number of aliphatic hydroxyl groups excluding tert-OH is 1. The molecule has 0 saturated carbocycles. The van der Waals surface area contributed by atoms with Gasteiger partial charge in [-0.3, -0.25) is 0 Å². The number of ether oxygens (including phenoxy) is 2. The molecule has 2 rings (SSSR count). The van der Waals surface area contributed by atoms with Gasteiger partial charge >= 0.3 is 0 Å². The average molecular weight is 397 g/mol. The van der Waals surface area contributed by atoms with Crippen LogP contribution in [0.4, 0.5) is 0 Å². The number of aliphatic hydroxyl groups is 1. The first-order valence-corrected chi connectivity index (χ1v) is 11.5. The van der Waals surface area contributed by atoms with Crippen LogP contribution in [0, 0.1) is 0 Å². The van der Waals surface area contributed by atoms with Crippen molar-refractivity contribution in [2.24, 2.45) is 0 Å². The van der Waals surface area contributed by atoms with Crippen LogP contribution in [-0.4, -0.2) is 68.0 Å². The molecule has 0 aliphatic carbocycles. The summed E-state index contributed by atoms with van der Waals surface area (Å²) in [7, 11) is 1.65. The molecule has 1 aromatic rings. The van der Waals surface area contributed by atoms with E-state index in [-0.39, 0.29) is 6.61 Å². The number of β-amino-alcohol motifs (C(OH)–C–C–N with tert-alkyl or cyclic N) is 1. The first-order valence-electron chi connectivity index (χ1n) is 10.1. The molecule has 154 valence electrons. The minimum atomic E-state index is -0.488. The lowest BCUT2D eigenvalue weighted by molar-refractivity contribution is 0.0644. The van der Waals surface area contributed by atoms with E-state index < -0.39 is 6.10 Å². The number of hydrogen-bond acceptors (Lipinski definition) is 6. The zero-order valence-corrected chi connectivity index (χ0v) is 17.7. The molecule has 27 heavy (non-hydrogen) atoms. The molecular formula is C21H36N2O3S. The first kappa shape index (κ1) is 22.3. The highest BCUT2D eigenvalue weighted by Gasteiger charge is 2.15. The van der Waals surface area contributed by atoms with Gasteiger partial charge in [-0.2, -0.15) is 11.8 Å². The van der Waals surface area contributed by atoms with Crippen LogP contribution in [0.15, 0.2) is 18.2 Å². The van der Waals surface area contributed by atoms with E-state index in [2.05, 4.69) is 22.5 Å². The number of nitrogens with one attached hydrogen (secondary N) is 1. The summed E-state index contributed by atoms with van der Waals surface area (Å²) in [6.07, 6.45) is 8.04. The Labute approximate surface area is 168 Å². The molecule has 6 heteroatoms. The van der Waals surface area contributed by atoms with E-state index in [4.69, 9.17) is 9.47 Å². The number of thioether (sulfide) groups is 1. The number of methoxy groups -OCH3 is 1. The topological polar surface area (TPSA) is 54.0 Å². The van der Waals surface area contributed by atoms with Crippen LogP contribution in [-0.2, 0) is 6.54 Å². The Morgan fingerprint density at radius 1 is 1.15 bits per heavy atom. The Hall–Kier alpha value is -0.950. The van der Waals surface area contributed by atoms with Gasteiger partial charge in [0.1, 0.15) is 12.7 Å². The van der Waals surface area contributed by atoms with Gasteiger partial charge in [0.15, 0.2) is 11.5 Å². The van der Waals surface area contributed by atoms with Crippen molar-refractivity contribution in [1.82, 2.24) is 10.2 Å². The van der Waals surface area contributed by atoms with Crippen LogP contribution >= 0.6 is 11.8 Å². The van der Waals surface area contributed by atoms with E-state index in [0.717, 1.165) is 37.5 Å². The number of nitrogens with zero attached hydrogens (tertiary/aromatic N) is 1. The largest absolute Gasteiger partial charge is 0.493 e. The monoisotopic (exact) mass is 396 g/mol. The van der Waals surface area contributed by atoms with Crippen molar-refractivity contribution >= 4 is 11.8 Å². The van der Waals surface area contributed by atoms with Crippen molar-refractivity contribution in [2.75, 3.05) is 51.9 Å². The fraction of sp³-hybridized carbons (Fsp3) is 0.714. The first-order chi connectivity index (χ1) is 13.2. The predicted molar refractivity (Wildman–Crippen MR) is 114 cm³/mol. The second kappa shape index (κ2) is 13.3. The summed E-state index contributed by atoms with van der Waals surface area (Å²) < 4.78 is 11.3. The van der Waals surface area contributed by atoms with E-state index >= 15 is 0 Å². The van der Waals surface area contributed by atoms with Gasteiger partial charge in [0.05, 0.1) is 7.11 Å². The highest BCUT2D eigenvalue weighted by Crippen LogP contribution is 2.28. The summed E-state index contributed by atoms with van der Waals surface area (Å²) in [5, 5.41) is 13.9. The van der Waals surface area contributed by atoms with Crippen LogP contribution in [0.3, 0.4) is 0 Å². The molecule has 2 N–H and O–H groups in total. The summed E-state index contributed by atoms with van der Waals surface area (Å²) >= 11 is 1.83. The summed E-state index contributed by atoms with van der Waals surface area (Å²) in [4.78, 5) is 2.37. The van der Waals surface area contributed by atoms with Crippen molar-refractivity contribution in [3.05, 3.63) is 23.8 Å². The standard InChI is InChI=1S/C21H36N2O3S/c1-25-20-9-8-18(15-22-10-13-27-2)14-21(20)26-17-19(24)16-23-11-6-4-3-5-7-12-23/h8-9,14,19,22,24H,3-7,10-13,15-17H2,1-2H3/t19-/m1/s1. The van der Waals surface area contributed by atoms with Crippen LogP contribution in [0.1, 0.15) is 37.7 Å². The third-order valence-electron chi connectivity index (χ3n) is 4.89. The molecule has 1 fully saturated rings. The summed E-state index contributed by atoms with van der Waals surface area (Å²) in [6, 6.07) is 5.99. The Balaban J connectivity index is 1.82. The smallest absolute Gasteiger partial charge is 0.161 e. The maximum atomic E-state index is 10.4. The fourth-order valence-corrected chi connectivity index (χ4v) is 3.73. The lowest BCUT2D eigenvalue weighted by Gasteiger charge is -2.26. The molecule has 0 spiro atoms. The predicted octanol–water partition coefficient (Wildman–Crippen LogP) is 3.15. The van der Waals surface area contributed by atoms with Gasteiger partial charge in [0, 0.05) is 25.4 Å². The summed E-state index contributed by atoms with van der Waals surface area (Å²) in [5.41, 5.74) is 1.16.